The van der Waals surface area contributed by atoms with Gasteiger partial charge in [0.05, 0.1) is 0 Å². The third kappa shape index (κ3) is 1.61. The van der Waals surface area contributed by atoms with E-state index in [2.05, 4.69) is 62.4 Å². The molecule has 0 saturated heterocycles. The highest BCUT2D eigenvalue weighted by molar-refractivity contribution is 6.10. The molecule has 0 fully saturated rings. The lowest BCUT2D eigenvalue weighted by Crippen LogP contribution is -1.98. The third-order valence-electron chi connectivity index (χ3n) is 4.49. The van der Waals surface area contributed by atoms with Crippen LogP contribution in [-0.2, 0) is 12.8 Å². The predicted molar refractivity (Wildman–Crippen MR) is 87.5 cm³/mol. The van der Waals surface area contributed by atoms with E-state index < -0.39 is 0 Å². The van der Waals surface area contributed by atoms with E-state index in [0.717, 1.165) is 12.8 Å². The second kappa shape index (κ2) is 4.21. The summed E-state index contributed by atoms with van der Waals surface area (Å²) in [5.41, 5.74) is 5.74. The van der Waals surface area contributed by atoms with E-state index >= 15 is 0 Å². The van der Waals surface area contributed by atoms with Crippen molar-refractivity contribution in [3.63, 3.8) is 0 Å². The van der Waals surface area contributed by atoms with E-state index in [1.807, 2.05) is 0 Å². The fourth-order valence-corrected chi connectivity index (χ4v) is 3.63. The van der Waals surface area contributed by atoms with E-state index in [1.165, 1.54) is 43.8 Å². The molecule has 0 N–H and O–H groups in total. The molecule has 1 aliphatic rings. The Kier molecular flexibility index (Phi) is 2.47. The quantitative estimate of drug-likeness (QED) is 0.381. The summed E-state index contributed by atoms with van der Waals surface area (Å²) < 4.78 is 0. The minimum atomic E-state index is 1.07. The van der Waals surface area contributed by atoms with Crippen molar-refractivity contribution in [1.29, 1.82) is 0 Å². The molecule has 98 valence electrons. The maximum atomic E-state index is 2.32. The molecule has 20 heavy (non-hydrogen) atoms. The zero-order chi connectivity index (χ0) is 13.7. The summed E-state index contributed by atoms with van der Waals surface area (Å²) in [6.07, 6.45) is 6.73. The first kappa shape index (κ1) is 11.7. The van der Waals surface area contributed by atoms with Crippen LogP contribution in [0.1, 0.15) is 22.3 Å². The van der Waals surface area contributed by atoms with Gasteiger partial charge in [0.25, 0.3) is 0 Å². The Balaban J connectivity index is 2.17. The molecule has 0 amide bonds. The lowest BCUT2D eigenvalue weighted by molar-refractivity contribution is 1.11. The number of aryl methyl sites for hydroxylation is 2. The third-order valence-corrected chi connectivity index (χ3v) is 4.49. The lowest BCUT2D eigenvalue weighted by Gasteiger charge is -2.16. The van der Waals surface area contributed by atoms with E-state index in [0.29, 0.717) is 0 Å². The summed E-state index contributed by atoms with van der Waals surface area (Å²) >= 11 is 0. The summed E-state index contributed by atoms with van der Waals surface area (Å²) in [6, 6.07) is 13.8. The van der Waals surface area contributed by atoms with E-state index in [9.17, 15) is 0 Å². The van der Waals surface area contributed by atoms with Crippen LogP contribution in [0.5, 0.6) is 0 Å². The lowest BCUT2D eigenvalue weighted by atomic mass is 9.88. The molecule has 0 radical (unpaired) electrons. The number of fused-ring (bicyclic) bond motifs is 5. The molecule has 0 heterocycles. The van der Waals surface area contributed by atoms with Gasteiger partial charge in [-0.1, -0.05) is 54.1 Å². The minimum absolute atomic E-state index is 1.07. The molecule has 0 aliphatic heterocycles. The number of hydrogen-bond donors (Lipinski definition) is 0. The summed E-state index contributed by atoms with van der Waals surface area (Å²) in [5.74, 6) is 0. The second-order valence-electron chi connectivity index (χ2n) is 5.92. The normalized spacial score (nSPS) is 13.9. The molecule has 0 unspecified atom stereocenters. The first-order valence-electron chi connectivity index (χ1n) is 7.33. The largest absolute Gasteiger partial charge is 0.0838 e. The molecular weight excluding hydrogens is 240 g/mol. The minimum Gasteiger partial charge on any atom is -0.0838 e. The van der Waals surface area contributed by atoms with Crippen LogP contribution in [0.25, 0.3) is 21.5 Å². The number of hydrogen-bond acceptors (Lipinski definition) is 0. The topological polar surface area (TPSA) is 0 Å². The molecule has 3 aromatic carbocycles. The van der Waals surface area contributed by atoms with Gasteiger partial charge >= 0.3 is 0 Å². The fraction of sp³-hybridized carbons (Fsp3) is 0.200. The zero-order valence-corrected chi connectivity index (χ0v) is 12.0. The van der Waals surface area contributed by atoms with Gasteiger partial charge in [-0.05, 0) is 64.9 Å². The van der Waals surface area contributed by atoms with Gasteiger partial charge in [-0.15, -0.1) is 0 Å². The van der Waals surface area contributed by atoms with Crippen LogP contribution < -0.4 is 0 Å². The monoisotopic (exact) mass is 258 g/mol. The number of benzene rings is 3. The van der Waals surface area contributed by atoms with Crippen LogP contribution in [0.3, 0.4) is 0 Å². The second-order valence-corrected chi connectivity index (χ2v) is 5.92. The van der Waals surface area contributed by atoms with Gasteiger partial charge < -0.3 is 0 Å². The van der Waals surface area contributed by atoms with Crippen molar-refractivity contribution in [1.82, 2.24) is 0 Å². The molecule has 3 aromatic rings. The molecule has 0 aromatic heterocycles. The van der Waals surface area contributed by atoms with Crippen LogP contribution in [0, 0.1) is 13.8 Å². The Bertz CT molecular complexity index is 866. The molecule has 0 bridgehead atoms. The average Bonchev–Trinajstić information content (AvgIpc) is 2.46. The number of rotatable bonds is 0. The Hall–Kier alpha value is -2.08. The summed E-state index contributed by atoms with van der Waals surface area (Å²) in [6.45, 7) is 4.41. The molecule has 0 heteroatoms. The molecule has 4 rings (SSSR count). The van der Waals surface area contributed by atoms with Gasteiger partial charge in [0.2, 0.25) is 0 Å². The summed E-state index contributed by atoms with van der Waals surface area (Å²) in [7, 11) is 0. The maximum Gasteiger partial charge on any atom is -0.00758 e. The molecule has 0 saturated carbocycles. The van der Waals surface area contributed by atoms with Gasteiger partial charge in [-0.2, -0.15) is 0 Å². The van der Waals surface area contributed by atoms with E-state index in [4.69, 9.17) is 0 Å². The van der Waals surface area contributed by atoms with E-state index in [1.54, 1.807) is 0 Å². The van der Waals surface area contributed by atoms with Crippen LogP contribution in [0.2, 0.25) is 0 Å². The van der Waals surface area contributed by atoms with Crippen molar-refractivity contribution in [3.8, 4) is 0 Å². The first-order valence-corrected chi connectivity index (χ1v) is 7.33. The highest BCUT2D eigenvalue weighted by Crippen LogP contribution is 2.33. The van der Waals surface area contributed by atoms with E-state index in [-0.39, 0.29) is 0 Å². The van der Waals surface area contributed by atoms with Gasteiger partial charge in [-0.3, -0.25) is 0 Å². The summed E-state index contributed by atoms with van der Waals surface area (Å²) in [5, 5.41) is 5.63. The Morgan fingerprint density at radius 1 is 0.800 bits per heavy atom. The Labute approximate surface area is 119 Å². The highest BCUT2D eigenvalue weighted by atomic mass is 14.2. The Morgan fingerprint density at radius 3 is 2.50 bits per heavy atom. The first-order chi connectivity index (χ1) is 9.74. The predicted octanol–water partition coefficient (Wildman–Crippen LogP) is 5.26. The SMILES string of the molecule is Cc1cc(C)c2c(ccc3c4c(ccc32)CC=CC4)c1. The molecule has 0 nitrogen and oxygen atoms in total. The van der Waals surface area contributed by atoms with Crippen molar-refractivity contribution in [2.45, 2.75) is 26.7 Å². The van der Waals surface area contributed by atoms with Gasteiger partial charge in [0, 0.05) is 0 Å². The average molecular weight is 258 g/mol. The van der Waals surface area contributed by atoms with Crippen molar-refractivity contribution >= 4 is 21.5 Å². The maximum absolute atomic E-state index is 2.32. The van der Waals surface area contributed by atoms with Gasteiger partial charge in [-0.25, -0.2) is 0 Å². The smallest absolute Gasteiger partial charge is 0.00758 e. The van der Waals surface area contributed by atoms with Crippen LogP contribution >= 0.6 is 0 Å². The number of allylic oxidation sites excluding steroid dienone is 2. The van der Waals surface area contributed by atoms with Crippen LogP contribution in [0.15, 0.2) is 48.6 Å². The van der Waals surface area contributed by atoms with Crippen molar-refractivity contribution in [2.24, 2.45) is 0 Å². The van der Waals surface area contributed by atoms with Crippen molar-refractivity contribution < 1.29 is 0 Å². The van der Waals surface area contributed by atoms with Crippen molar-refractivity contribution in [3.05, 3.63) is 70.8 Å². The fourth-order valence-electron chi connectivity index (χ4n) is 3.63. The standard InChI is InChI=1S/C20H18/c1-13-11-14(2)20-16(12-13)8-9-18-17-6-4-3-5-15(17)7-10-19(18)20/h3-4,7-12H,5-6H2,1-2H3. The molecular formula is C20H18. The van der Waals surface area contributed by atoms with Crippen LogP contribution in [0.4, 0.5) is 0 Å². The Morgan fingerprint density at radius 2 is 1.60 bits per heavy atom. The van der Waals surface area contributed by atoms with Crippen LogP contribution in [-0.4, -0.2) is 0 Å². The molecule has 1 aliphatic carbocycles. The summed E-state index contributed by atoms with van der Waals surface area (Å²) in [4.78, 5) is 0. The highest BCUT2D eigenvalue weighted by Gasteiger charge is 2.11. The van der Waals surface area contributed by atoms with Crippen molar-refractivity contribution in [2.75, 3.05) is 0 Å². The molecule has 0 spiro atoms. The zero-order valence-electron chi connectivity index (χ0n) is 12.0. The van der Waals surface area contributed by atoms with Gasteiger partial charge in [0.15, 0.2) is 0 Å². The van der Waals surface area contributed by atoms with Gasteiger partial charge in [0.1, 0.15) is 0 Å². The molecule has 0 atom stereocenters.